The van der Waals surface area contributed by atoms with Gasteiger partial charge in [-0.05, 0) is 26.0 Å². The van der Waals surface area contributed by atoms with E-state index in [1.54, 1.807) is 0 Å². The highest BCUT2D eigenvalue weighted by molar-refractivity contribution is 5.78. The van der Waals surface area contributed by atoms with E-state index in [9.17, 15) is 4.79 Å². The van der Waals surface area contributed by atoms with Crippen LogP contribution in [0.3, 0.4) is 0 Å². The van der Waals surface area contributed by atoms with Crippen LogP contribution in [0, 0.1) is 6.92 Å². The van der Waals surface area contributed by atoms with E-state index in [4.69, 9.17) is 0 Å². The highest BCUT2D eigenvalue weighted by Gasteiger charge is 2.18. The maximum absolute atomic E-state index is 12.0. The van der Waals surface area contributed by atoms with Crippen LogP contribution >= 0.6 is 0 Å². The Morgan fingerprint density at radius 1 is 1.33 bits per heavy atom. The number of hydrogen-bond acceptors (Lipinski definition) is 4. The van der Waals surface area contributed by atoms with Gasteiger partial charge >= 0.3 is 0 Å². The summed E-state index contributed by atoms with van der Waals surface area (Å²) >= 11 is 0. The van der Waals surface area contributed by atoms with E-state index < -0.39 is 0 Å². The van der Waals surface area contributed by atoms with Crippen molar-refractivity contribution in [3.05, 3.63) is 18.0 Å². The van der Waals surface area contributed by atoms with E-state index in [2.05, 4.69) is 34.1 Å². The van der Waals surface area contributed by atoms with Crippen molar-refractivity contribution in [1.29, 1.82) is 0 Å². The van der Waals surface area contributed by atoms with Crippen LogP contribution in [0.2, 0.25) is 0 Å². The molecule has 0 spiro atoms. The molecule has 118 valence electrons. The summed E-state index contributed by atoms with van der Waals surface area (Å²) in [5.41, 5.74) is 1.14. The summed E-state index contributed by atoms with van der Waals surface area (Å²) in [6, 6.07) is 0.180. The molecule has 6 heteroatoms. The molecule has 1 aliphatic rings. The topological polar surface area (TPSA) is 53.4 Å². The van der Waals surface area contributed by atoms with E-state index >= 15 is 0 Å². The third-order valence-corrected chi connectivity index (χ3v) is 4.06. The molecule has 0 aromatic carbocycles. The zero-order chi connectivity index (χ0) is 15.2. The molecule has 21 heavy (non-hydrogen) atoms. The molecule has 1 aromatic heterocycles. The predicted molar refractivity (Wildman–Crippen MR) is 83.2 cm³/mol. The second-order valence-corrected chi connectivity index (χ2v) is 5.86. The van der Waals surface area contributed by atoms with Gasteiger partial charge in [0.1, 0.15) is 0 Å². The molecule has 1 atom stereocenters. The molecule has 0 radical (unpaired) electrons. The first-order valence-corrected chi connectivity index (χ1v) is 7.80. The van der Waals surface area contributed by atoms with Crippen LogP contribution in [0.1, 0.15) is 25.5 Å². The monoisotopic (exact) mass is 293 g/mol. The molecule has 0 bridgehead atoms. The van der Waals surface area contributed by atoms with Gasteiger partial charge in [0.2, 0.25) is 5.91 Å². The number of aryl methyl sites for hydroxylation is 1. The van der Waals surface area contributed by atoms with Crippen LogP contribution < -0.4 is 5.32 Å². The highest BCUT2D eigenvalue weighted by Crippen LogP contribution is 2.05. The number of nitrogens with one attached hydrogen (secondary N) is 1. The predicted octanol–water partition coefficient (Wildman–Crippen LogP) is 0.506. The zero-order valence-corrected chi connectivity index (χ0v) is 13.4. The molecule has 1 aliphatic heterocycles. The molecule has 0 unspecified atom stereocenters. The minimum Gasteiger partial charge on any atom is -0.353 e. The fourth-order valence-electron chi connectivity index (χ4n) is 2.55. The zero-order valence-electron chi connectivity index (χ0n) is 13.4. The number of piperazine rings is 1. The summed E-state index contributed by atoms with van der Waals surface area (Å²) in [6.45, 7) is 12.6. The van der Waals surface area contributed by atoms with Gasteiger partial charge in [0.05, 0.1) is 18.8 Å². The lowest BCUT2D eigenvalue weighted by atomic mass is 10.3. The normalized spacial score (nSPS) is 18.6. The SMILES string of the molecule is CCN1CCN(CC(=O)NC[C@@H](C)n2cc(C)cn2)CC1. The quantitative estimate of drug-likeness (QED) is 0.830. The van der Waals surface area contributed by atoms with Crippen LogP contribution in [-0.2, 0) is 4.79 Å². The maximum Gasteiger partial charge on any atom is 0.234 e. The van der Waals surface area contributed by atoms with Gasteiger partial charge in [-0.3, -0.25) is 14.4 Å². The number of nitrogens with zero attached hydrogens (tertiary/aromatic N) is 4. The number of rotatable bonds is 6. The maximum atomic E-state index is 12.0. The van der Waals surface area contributed by atoms with Crippen LogP contribution in [-0.4, -0.2) is 71.3 Å². The number of hydrogen-bond donors (Lipinski definition) is 1. The average molecular weight is 293 g/mol. The number of carbonyl (C=O) groups is 1. The third kappa shape index (κ3) is 4.82. The Labute approximate surface area is 127 Å². The van der Waals surface area contributed by atoms with Crippen molar-refractivity contribution >= 4 is 5.91 Å². The van der Waals surface area contributed by atoms with Crippen LogP contribution in [0.5, 0.6) is 0 Å². The highest BCUT2D eigenvalue weighted by atomic mass is 16.2. The molecular weight excluding hydrogens is 266 g/mol. The van der Waals surface area contributed by atoms with Crippen molar-refractivity contribution in [2.24, 2.45) is 0 Å². The van der Waals surface area contributed by atoms with Crippen LogP contribution in [0.15, 0.2) is 12.4 Å². The van der Waals surface area contributed by atoms with Gasteiger partial charge in [-0.25, -0.2) is 0 Å². The molecule has 6 nitrogen and oxygen atoms in total. The molecule has 1 aromatic rings. The number of likely N-dealkylation sites (N-methyl/N-ethyl adjacent to an activating group) is 1. The Balaban J connectivity index is 1.68. The van der Waals surface area contributed by atoms with Crippen molar-refractivity contribution < 1.29 is 4.79 Å². The fraction of sp³-hybridized carbons (Fsp3) is 0.733. The van der Waals surface area contributed by atoms with Gasteiger partial charge < -0.3 is 10.2 Å². The molecule has 1 fully saturated rings. The third-order valence-electron chi connectivity index (χ3n) is 4.06. The average Bonchev–Trinajstić information content (AvgIpc) is 2.92. The van der Waals surface area contributed by atoms with E-state index in [0.29, 0.717) is 13.1 Å². The summed E-state index contributed by atoms with van der Waals surface area (Å²) in [7, 11) is 0. The van der Waals surface area contributed by atoms with Crippen LogP contribution in [0.25, 0.3) is 0 Å². The van der Waals surface area contributed by atoms with Gasteiger partial charge in [-0.15, -0.1) is 0 Å². The summed E-state index contributed by atoms with van der Waals surface area (Å²) in [5, 5.41) is 7.28. The van der Waals surface area contributed by atoms with Gasteiger partial charge in [0.15, 0.2) is 0 Å². The Morgan fingerprint density at radius 3 is 2.57 bits per heavy atom. The second-order valence-electron chi connectivity index (χ2n) is 5.86. The number of aromatic nitrogens is 2. The van der Waals surface area contributed by atoms with Crippen molar-refractivity contribution in [1.82, 2.24) is 24.9 Å². The van der Waals surface area contributed by atoms with E-state index in [0.717, 1.165) is 38.3 Å². The number of amides is 1. The van der Waals surface area contributed by atoms with Crippen molar-refractivity contribution in [2.45, 2.75) is 26.8 Å². The second kappa shape index (κ2) is 7.56. The largest absolute Gasteiger partial charge is 0.353 e. The summed E-state index contributed by atoms with van der Waals surface area (Å²) < 4.78 is 1.90. The van der Waals surface area contributed by atoms with Crippen molar-refractivity contribution in [3.63, 3.8) is 0 Å². The van der Waals surface area contributed by atoms with E-state index in [1.165, 1.54) is 0 Å². The van der Waals surface area contributed by atoms with Gasteiger partial charge in [0, 0.05) is 38.9 Å². The molecule has 1 amide bonds. The van der Waals surface area contributed by atoms with Crippen molar-refractivity contribution in [3.8, 4) is 0 Å². The molecule has 1 N–H and O–H groups in total. The van der Waals surface area contributed by atoms with Gasteiger partial charge in [-0.1, -0.05) is 6.92 Å². The molecule has 1 saturated heterocycles. The molecule has 2 heterocycles. The lowest BCUT2D eigenvalue weighted by Gasteiger charge is -2.33. The Morgan fingerprint density at radius 2 is 2.00 bits per heavy atom. The minimum atomic E-state index is 0.107. The van der Waals surface area contributed by atoms with Gasteiger partial charge in [0.25, 0.3) is 0 Å². The lowest BCUT2D eigenvalue weighted by Crippen LogP contribution is -2.49. The summed E-state index contributed by atoms with van der Waals surface area (Å²) in [4.78, 5) is 16.6. The molecule has 0 aliphatic carbocycles. The lowest BCUT2D eigenvalue weighted by molar-refractivity contribution is -0.122. The molecule has 0 saturated carbocycles. The summed E-state index contributed by atoms with van der Waals surface area (Å²) in [5.74, 6) is 0.107. The Bertz CT molecular complexity index is 451. The summed E-state index contributed by atoms with van der Waals surface area (Å²) in [6.07, 6.45) is 3.84. The minimum absolute atomic E-state index is 0.107. The first-order valence-electron chi connectivity index (χ1n) is 7.80. The van der Waals surface area contributed by atoms with Crippen LogP contribution in [0.4, 0.5) is 0 Å². The number of carbonyl (C=O) groups excluding carboxylic acids is 1. The van der Waals surface area contributed by atoms with E-state index in [1.807, 2.05) is 24.0 Å². The standard InChI is InChI=1S/C15H27N5O/c1-4-18-5-7-19(8-6-18)12-15(21)16-10-14(3)20-11-13(2)9-17-20/h9,11,14H,4-8,10,12H2,1-3H3,(H,16,21)/t14-/m1/s1. The smallest absolute Gasteiger partial charge is 0.234 e. The molecular formula is C15H27N5O. The Kier molecular flexibility index (Phi) is 5.76. The molecule has 2 rings (SSSR count). The van der Waals surface area contributed by atoms with Gasteiger partial charge in [-0.2, -0.15) is 5.10 Å². The van der Waals surface area contributed by atoms with Crippen molar-refractivity contribution in [2.75, 3.05) is 45.8 Å². The Hall–Kier alpha value is -1.40. The fourth-order valence-corrected chi connectivity index (χ4v) is 2.55. The van der Waals surface area contributed by atoms with E-state index in [-0.39, 0.29) is 11.9 Å². The first kappa shape index (κ1) is 16.0. The first-order chi connectivity index (χ1) is 10.1.